The molecule has 0 fully saturated rings. The van der Waals surface area contributed by atoms with E-state index in [1.54, 1.807) is 23.9 Å². The highest BCUT2D eigenvalue weighted by atomic mass is 32.1. The molecule has 0 bridgehead atoms. The minimum Gasteiger partial charge on any atom is -0.464 e. The van der Waals surface area contributed by atoms with Gasteiger partial charge in [-0.3, -0.25) is 4.79 Å². The topological polar surface area (TPSA) is 120 Å². The van der Waals surface area contributed by atoms with Gasteiger partial charge in [-0.15, -0.1) is 11.3 Å². The predicted molar refractivity (Wildman–Crippen MR) is 184 cm³/mol. The molecule has 4 rings (SSSR count). The number of methoxy groups -OCH3 is 1. The van der Waals surface area contributed by atoms with Gasteiger partial charge in [-0.1, -0.05) is 53.7 Å². The first-order valence-corrected chi connectivity index (χ1v) is 18.6. The lowest BCUT2D eigenvalue weighted by molar-refractivity contribution is 0.0593. The summed E-state index contributed by atoms with van der Waals surface area (Å²) in [7, 11) is 0.975. The van der Waals surface area contributed by atoms with Gasteiger partial charge in [-0.2, -0.15) is 0 Å². The smallest absolute Gasteiger partial charge is 0.357 e. The predicted octanol–water partition coefficient (Wildman–Crippen LogP) is 7.26. The molecule has 3 heterocycles. The second-order valence-electron chi connectivity index (χ2n) is 13.5. The lowest BCUT2D eigenvalue weighted by atomic mass is 9.98. The number of anilines is 3. The van der Waals surface area contributed by atoms with E-state index in [0.29, 0.717) is 30.4 Å². The molecule has 0 amide bonds. The van der Waals surface area contributed by atoms with Crippen LogP contribution in [0.3, 0.4) is 0 Å². The van der Waals surface area contributed by atoms with E-state index >= 15 is 0 Å². The Labute approximate surface area is 270 Å². The van der Waals surface area contributed by atoms with Gasteiger partial charge in [0.25, 0.3) is 5.56 Å². The molecule has 3 aromatic heterocycles. The number of hydrogen-bond donors (Lipinski definition) is 2. The molecular formula is C33H44N6O4SSi. The van der Waals surface area contributed by atoms with E-state index in [4.69, 9.17) is 9.16 Å². The van der Waals surface area contributed by atoms with Gasteiger partial charge in [-0.05, 0) is 41.9 Å². The highest BCUT2D eigenvalue weighted by molar-refractivity contribution is 7.12. The Hall–Kier alpha value is -3.87. The van der Waals surface area contributed by atoms with Gasteiger partial charge in [0.05, 0.1) is 30.1 Å². The number of rotatable bonds is 10. The van der Waals surface area contributed by atoms with Crippen LogP contribution in [0.15, 0.2) is 53.8 Å². The third kappa shape index (κ3) is 7.86. The van der Waals surface area contributed by atoms with E-state index in [0.717, 1.165) is 32.3 Å². The molecule has 0 aliphatic rings. The second-order valence-corrected chi connectivity index (χ2v) is 19.4. The van der Waals surface area contributed by atoms with Crippen molar-refractivity contribution in [2.45, 2.75) is 78.2 Å². The van der Waals surface area contributed by atoms with Crippen molar-refractivity contribution in [2.75, 3.05) is 17.7 Å². The molecule has 0 spiro atoms. The minimum atomic E-state index is -2.13. The minimum absolute atomic E-state index is 0.0161. The molecule has 240 valence electrons. The molecule has 4 aromatic rings. The summed E-state index contributed by atoms with van der Waals surface area (Å²) in [6.45, 7) is 18.1. The Bertz CT molecular complexity index is 1720. The monoisotopic (exact) mass is 648 g/mol. The van der Waals surface area contributed by atoms with Crippen molar-refractivity contribution >= 4 is 42.8 Å². The number of nitrogens with one attached hydrogen (secondary N) is 2. The average molecular weight is 649 g/mol. The van der Waals surface area contributed by atoms with Gasteiger partial charge in [-0.25, -0.2) is 19.7 Å². The van der Waals surface area contributed by atoms with Crippen molar-refractivity contribution in [3.63, 3.8) is 0 Å². The number of aromatic nitrogens is 4. The average Bonchev–Trinajstić information content (AvgIpc) is 3.42. The van der Waals surface area contributed by atoms with Crippen molar-refractivity contribution in [2.24, 2.45) is 7.05 Å². The molecule has 1 aromatic carbocycles. The molecule has 2 N–H and O–H groups in total. The maximum absolute atomic E-state index is 13.1. The third-order valence-corrected chi connectivity index (χ3v) is 14.0. The summed E-state index contributed by atoms with van der Waals surface area (Å²) >= 11 is 1.51. The van der Waals surface area contributed by atoms with Crippen LogP contribution in [0.2, 0.25) is 18.1 Å². The zero-order valence-corrected chi connectivity index (χ0v) is 29.7. The Balaban J connectivity index is 1.79. The van der Waals surface area contributed by atoms with Gasteiger partial charge in [0.2, 0.25) is 0 Å². The van der Waals surface area contributed by atoms with E-state index in [2.05, 4.69) is 80.2 Å². The summed E-state index contributed by atoms with van der Waals surface area (Å²) < 4.78 is 13.4. The first-order chi connectivity index (χ1) is 21.0. The number of hydrogen-bond acceptors (Lipinski definition) is 10. The molecule has 0 unspecified atom stereocenters. The Morgan fingerprint density at radius 1 is 1.09 bits per heavy atom. The lowest BCUT2D eigenvalue weighted by Gasteiger charge is -2.36. The van der Waals surface area contributed by atoms with Crippen LogP contribution < -0.4 is 16.2 Å². The molecule has 0 saturated carbocycles. The van der Waals surface area contributed by atoms with Crippen LogP contribution in [0.4, 0.5) is 17.2 Å². The molecule has 0 saturated heterocycles. The number of nitrogens with zero attached hydrogens (tertiary/aromatic N) is 4. The molecule has 12 heteroatoms. The number of ether oxygens (including phenoxy) is 1. The maximum Gasteiger partial charge on any atom is 0.357 e. The van der Waals surface area contributed by atoms with Gasteiger partial charge < -0.3 is 24.4 Å². The molecule has 0 radical (unpaired) electrons. The largest absolute Gasteiger partial charge is 0.464 e. The summed E-state index contributed by atoms with van der Waals surface area (Å²) in [5.41, 5.74) is 3.91. The summed E-state index contributed by atoms with van der Waals surface area (Å²) in [6, 6.07) is 9.58. The van der Waals surface area contributed by atoms with Crippen LogP contribution >= 0.6 is 11.3 Å². The van der Waals surface area contributed by atoms with E-state index in [9.17, 15) is 9.59 Å². The number of pyridine rings is 1. The van der Waals surface area contributed by atoms with Crippen LogP contribution in [-0.4, -0.2) is 40.9 Å². The first kappa shape index (κ1) is 34.0. The number of aryl methyl sites for hydroxylation is 1. The van der Waals surface area contributed by atoms with E-state index in [1.165, 1.54) is 24.8 Å². The maximum atomic E-state index is 13.1. The molecule has 0 atom stereocenters. The molecule has 45 heavy (non-hydrogen) atoms. The summed E-state index contributed by atoms with van der Waals surface area (Å²) in [5.74, 6) is 0.0689. The fraction of sp³-hybridized carbons (Fsp3) is 0.424. The summed E-state index contributed by atoms with van der Waals surface area (Å²) in [5, 5.41) is 7.60. The normalized spacial score (nSPS) is 12.2. The first-order valence-electron chi connectivity index (χ1n) is 14.8. The second kappa shape index (κ2) is 13.2. The molecule has 0 aliphatic heterocycles. The van der Waals surface area contributed by atoms with Crippen LogP contribution in [0, 0.1) is 0 Å². The highest BCUT2D eigenvalue weighted by Gasteiger charge is 2.37. The van der Waals surface area contributed by atoms with Crippen molar-refractivity contribution in [1.82, 2.24) is 19.5 Å². The number of carbonyl (C=O) groups is 1. The number of carbonyl (C=O) groups excluding carboxylic acids is 1. The van der Waals surface area contributed by atoms with Gasteiger partial charge >= 0.3 is 5.97 Å². The fourth-order valence-corrected chi connectivity index (χ4v) is 6.31. The van der Waals surface area contributed by atoms with Crippen molar-refractivity contribution < 1.29 is 14.0 Å². The van der Waals surface area contributed by atoms with Gasteiger partial charge in [0, 0.05) is 41.7 Å². The van der Waals surface area contributed by atoms with E-state index in [-0.39, 0.29) is 16.0 Å². The molecule has 10 nitrogen and oxygen atoms in total. The van der Waals surface area contributed by atoms with E-state index < -0.39 is 14.3 Å². The van der Waals surface area contributed by atoms with Crippen LogP contribution in [0.5, 0.6) is 0 Å². The zero-order valence-electron chi connectivity index (χ0n) is 27.9. The van der Waals surface area contributed by atoms with Crippen molar-refractivity contribution in [3.8, 4) is 11.1 Å². The standard InChI is InChI=1S/C33H44N6O4SSi/c1-32(2,3)31-38-28(30(41)42-8)26(44-31)17-35-24-13-11-12-22(23(24)19-43-45(9,10)33(4,5)6)21-16-25(29(40)39(7)18-21)37-27-14-15-34-20-36-27/h11-16,18,20,35H,17,19H2,1-10H3,(H,34,36,37). The van der Waals surface area contributed by atoms with Crippen molar-refractivity contribution in [3.05, 3.63) is 80.5 Å². The number of esters is 1. The zero-order chi connectivity index (χ0) is 33.2. The summed E-state index contributed by atoms with van der Waals surface area (Å²) in [4.78, 5) is 39.4. The quantitative estimate of drug-likeness (QED) is 0.135. The van der Waals surface area contributed by atoms with Crippen molar-refractivity contribution in [1.29, 1.82) is 0 Å². The Morgan fingerprint density at radius 2 is 1.82 bits per heavy atom. The number of benzene rings is 1. The van der Waals surface area contributed by atoms with Crippen LogP contribution in [-0.2, 0) is 34.8 Å². The molecule has 0 aliphatic carbocycles. The van der Waals surface area contributed by atoms with E-state index in [1.807, 2.05) is 30.5 Å². The van der Waals surface area contributed by atoms with Gasteiger partial charge in [0.15, 0.2) is 14.0 Å². The molecular weight excluding hydrogens is 605 g/mol. The number of thiazole rings is 1. The fourth-order valence-electron chi connectivity index (χ4n) is 4.32. The Kier molecular flexibility index (Phi) is 10.0. The van der Waals surface area contributed by atoms with Crippen LogP contribution in [0.1, 0.15) is 67.5 Å². The van der Waals surface area contributed by atoms with Crippen LogP contribution in [0.25, 0.3) is 11.1 Å². The highest BCUT2D eigenvalue weighted by Crippen LogP contribution is 2.39. The lowest BCUT2D eigenvalue weighted by Crippen LogP contribution is -2.40. The van der Waals surface area contributed by atoms with Gasteiger partial charge in [0.1, 0.15) is 17.8 Å². The summed E-state index contributed by atoms with van der Waals surface area (Å²) in [6.07, 6.45) is 4.88. The third-order valence-electron chi connectivity index (χ3n) is 8.06. The Morgan fingerprint density at radius 3 is 2.44 bits per heavy atom. The SMILES string of the molecule is COC(=O)c1nc(C(C)(C)C)sc1CNc1cccc(-c2cc(Nc3ccncn3)c(=O)n(C)c2)c1CO[Si](C)(C)C(C)(C)C.